The van der Waals surface area contributed by atoms with E-state index in [0.29, 0.717) is 11.0 Å². The highest BCUT2D eigenvalue weighted by Crippen LogP contribution is 2.19. The Bertz CT molecular complexity index is 791. The fraction of sp³-hybridized carbons (Fsp3) is 0. The Balaban J connectivity index is 2.35. The van der Waals surface area contributed by atoms with E-state index in [9.17, 15) is 9.18 Å². The van der Waals surface area contributed by atoms with Gasteiger partial charge in [-0.25, -0.2) is 9.18 Å². The van der Waals surface area contributed by atoms with Crippen molar-refractivity contribution in [3.63, 3.8) is 0 Å². The smallest absolute Gasteiger partial charge is 0.305 e. The van der Waals surface area contributed by atoms with Crippen molar-refractivity contribution < 1.29 is 4.39 Å². The quantitative estimate of drug-likeness (QED) is 0.736. The summed E-state index contributed by atoms with van der Waals surface area (Å²) in [4.78, 5) is 14.6. The molecule has 1 aromatic heterocycles. The van der Waals surface area contributed by atoms with Crippen molar-refractivity contribution in [3.8, 4) is 5.69 Å². The fourth-order valence-electron chi connectivity index (χ4n) is 1.96. The number of aromatic nitrogens is 2. The summed E-state index contributed by atoms with van der Waals surface area (Å²) in [6.07, 6.45) is 0. The minimum atomic E-state index is -0.370. The average Bonchev–Trinajstić information content (AvgIpc) is 2.64. The molecule has 3 rings (SSSR count). The van der Waals surface area contributed by atoms with Crippen molar-refractivity contribution in [2.24, 2.45) is 0 Å². The largest absolute Gasteiger partial charge is 0.331 e. The molecular formula is C13H8BrFN2O. The lowest BCUT2D eigenvalue weighted by Gasteiger charge is -2.03. The number of aromatic amines is 1. The predicted molar refractivity (Wildman–Crippen MR) is 71.6 cm³/mol. The number of rotatable bonds is 1. The molecule has 18 heavy (non-hydrogen) atoms. The van der Waals surface area contributed by atoms with Crippen LogP contribution in [0.5, 0.6) is 0 Å². The van der Waals surface area contributed by atoms with Gasteiger partial charge in [-0.1, -0.05) is 22.0 Å². The molecule has 3 aromatic rings. The van der Waals surface area contributed by atoms with Gasteiger partial charge in [-0.15, -0.1) is 0 Å². The third-order valence-corrected chi connectivity index (χ3v) is 3.20. The summed E-state index contributed by atoms with van der Waals surface area (Å²) in [5, 5.41) is 0. The number of nitrogens with one attached hydrogen (secondary N) is 1. The number of nitrogens with zero attached hydrogens (tertiary/aromatic N) is 1. The van der Waals surface area contributed by atoms with Gasteiger partial charge >= 0.3 is 5.69 Å². The van der Waals surface area contributed by atoms with Crippen LogP contribution in [0, 0.1) is 5.82 Å². The Morgan fingerprint density at radius 1 is 1.17 bits per heavy atom. The average molecular weight is 307 g/mol. The maximum Gasteiger partial charge on any atom is 0.331 e. The Hall–Kier alpha value is -1.88. The standard InChI is InChI=1S/C13H8BrFN2O/c14-8-2-1-3-10(6-8)17-12-5-4-9(15)7-11(12)16-13(17)18/h1-7H,(H,16,18). The van der Waals surface area contributed by atoms with Crippen LogP contribution in [0.2, 0.25) is 0 Å². The predicted octanol–water partition coefficient (Wildman–Crippen LogP) is 3.22. The molecule has 1 heterocycles. The number of fused-ring (bicyclic) bond motifs is 1. The topological polar surface area (TPSA) is 37.8 Å². The van der Waals surface area contributed by atoms with Gasteiger partial charge in [0.2, 0.25) is 0 Å². The lowest BCUT2D eigenvalue weighted by molar-refractivity contribution is 0.629. The van der Waals surface area contributed by atoms with Crippen LogP contribution in [0.25, 0.3) is 16.7 Å². The number of hydrogen-bond acceptors (Lipinski definition) is 1. The Labute approximate surface area is 110 Å². The summed E-state index contributed by atoms with van der Waals surface area (Å²) in [6, 6.07) is 11.6. The van der Waals surface area contributed by atoms with E-state index in [1.54, 1.807) is 6.07 Å². The molecule has 0 saturated carbocycles. The SMILES string of the molecule is O=c1[nH]c2cc(F)ccc2n1-c1cccc(Br)c1. The molecule has 0 atom stereocenters. The van der Waals surface area contributed by atoms with Gasteiger partial charge in [0, 0.05) is 4.47 Å². The molecule has 0 spiro atoms. The molecule has 0 fully saturated rings. The third-order valence-electron chi connectivity index (χ3n) is 2.71. The molecule has 5 heteroatoms. The highest BCUT2D eigenvalue weighted by molar-refractivity contribution is 9.10. The van der Waals surface area contributed by atoms with E-state index in [4.69, 9.17) is 0 Å². The Kier molecular flexibility index (Phi) is 2.56. The van der Waals surface area contributed by atoms with E-state index >= 15 is 0 Å². The van der Waals surface area contributed by atoms with Gasteiger partial charge in [0.1, 0.15) is 5.82 Å². The van der Waals surface area contributed by atoms with Gasteiger partial charge in [-0.05, 0) is 36.4 Å². The lowest BCUT2D eigenvalue weighted by Crippen LogP contribution is -2.14. The molecule has 90 valence electrons. The van der Waals surface area contributed by atoms with Crippen LogP contribution >= 0.6 is 15.9 Å². The summed E-state index contributed by atoms with van der Waals surface area (Å²) in [5.74, 6) is -0.370. The van der Waals surface area contributed by atoms with Crippen molar-refractivity contribution in [1.29, 1.82) is 0 Å². The molecule has 3 nitrogen and oxygen atoms in total. The van der Waals surface area contributed by atoms with Crippen LogP contribution in [0.4, 0.5) is 4.39 Å². The highest BCUT2D eigenvalue weighted by Gasteiger charge is 2.09. The van der Waals surface area contributed by atoms with E-state index < -0.39 is 0 Å². The zero-order chi connectivity index (χ0) is 12.7. The van der Waals surface area contributed by atoms with Crippen molar-refractivity contribution in [1.82, 2.24) is 9.55 Å². The van der Waals surface area contributed by atoms with Gasteiger partial charge in [-0.2, -0.15) is 0 Å². The van der Waals surface area contributed by atoms with Crippen molar-refractivity contribution in [2.45, 2.75) is 0 Å². The van der Waals surface area contributed by atoms with Gasteiger partial charge in [0.15, 0.2) is 0 Å². The number of hydrogen-bond donors (Lipinski definition) is 1. The van der Waals surface area contributed by atoms with Crippen LogP contribution in [0.15, 0.2) is 51.7 Å². The number of halogens is 2. The molecule has 2 aromatic carbocycles. The van der Waals surface area contributed by atoms with Crippen molar-refractivity contribution >= 4 is 27.0 Å². The molecule has 0 aliphatic heterocycles. The monoisotopic (exact) mass is 306 g/mol. The van der Waals surface area contributed by atoms with Crippen LogP contribution in [-0.2, 0) is 0 Å². The first kappa shape index (κ1) is 11.2. The van der Waals surface area contributed by atoms with Gasteiger partial charge < -0.3 is 4.98 Å². The summed E-state index contributed by atoms with van der Waals surface area (Å²) >= 11 is 3.36. The van der Waals surface area contributed by atoms with E-state index in [0.717, 1.165) is 10.2 Å². The molecule has 0 aliphatic rings. The number of benzene rings is 2. The van der Waals surface area contributed by atoms with Crippen LogP contribution in [0.3, 0.4) is 0 Å². The van der Waals surface area contributed by atoms with Crippen molar-refractivity contribution in [2.75, 3.05) is 0 Å². The molecule has 0 bridgehead atoms. The number of imidazole rings is 1. The molecule has 0 saturated heterocycles. The van der Waals surface area contributed by atoms with E-state index in [1.165, 1.54) is 16.7 Å². The molecule has 0 aliphatic carbocycles. The lowest BCUT2D eigenvalue weighted by atomic mass is 10.3. The Morgan fingerprint density at radius 3 is 2.78 bits per heavy atom. The summed E-state index contributed by atoms with van der Waals surface area (Å²) in [5.41, 5.74) is 1.58. The van der Waals surface area contributed by atoms with E-state index in [-0.39, 0.29) is 11.5 Å². The summed E-state index contributed by atoms with van der Waals surface area (Å²) < 4.78 is 15.5. The molecular weight excluding hydrogens is 299 g/mol. The first-order valence-electron chi connectivity index (χ1n) is 5.31. The second-order valence-electron chi connectivity index (χ2n) is 3.91. The fourth-order valence-corrected chi connectivity index (χ4v) is 2.34. The molecule has 0 radical (unpaired) electrons. The molecule has 1 N–H and O–H groups in total. The van der Waals surface area contributed by atoms with Crippen LogP contribution in [0.1, 0.15) is 0 Å². The maximum absolute atomic E-state index is 13.1. The second-order valence-corrected chi connectivity index (χ2v) is 4.82. The first-order chi connectivity index (χ1) is 8.65. The summed E-state index contributed by atoms with van der Waals surface area (Å²) in [6.45, 7) is 0. The van der Waals surface area contributed by atoms with E-state index in [1.807, 2.05) is 24.3 Å². The first-order valence-corrected chi connectivity index (χ1v) is 6.11. The van der Waals surface area contributed by atoms with Crippen LogP contribution in [-0.4, -0.2) is 9.55 Å². The Morgan fingerprint density at radius 2 is 2.00 bits per heavy atom. The highest BCUT2D eigenvalue weighted by atomic mass is 79.9. The van der Waals surface area contributed by atoms with Crippen LogP contribution < -0.4 is 5.69 Å². The van der Waals surface area contributed by atoms with Gasteiger partial charge in [0.25, 0.3) is 0 Å². The molecule has 0 unspecified atom stereocenters. The minimum absolute atomic E-state index is 0.284. The number of H-pyrrole nitrogens is 1. The third kappa shape index (κ3) is 1.76. The summed E-state index contributed by atoms with van der Waals surface area (Å²) in [7, 11) is 0. The van der Waals surface area contributed by atoms with E-state index in [2.05, 4.69) is 20.9 Å². The maximum atomic E-state index is 13.1. The zero-order valence-electron chi connectivity index (χ0n) is 9.15. The normalized spacial score (nSPS) is 11.0. The van der Waals surface area contributed by atoms with Gasteiger partial charge in [-0.3, -0.25) is 4.57 Å². The zero-order valence-corrected chi connectivity index (χ0v) is 10.7. The second kappa shape index (κ2) is 4.10. The minimum Gasteiger partial charge on any atom is -0.305 e. The molecule has 0 amide bonds. The van der Waals surface area contributed by atoms with Gasteiger partial charge in [0.05, 0.1) is 16.7 Å². The van der Waals surface area contributed by atoms with Crippen molar-refractivity contribution in [3.05, 3.63) is 63.2 Å².